The lowest BCUT2D eigenvalue weighted by atomic mass is 10.1. The molecule has 0 spiro atoms. The van der Waals surface area contributed by atoms with Gasteiger partial charge in [-0.25, -0.2) is 0 Å². The van der Waals surface area contributed by atoms with E-state index in [9.17, 15) is 4.79 Å². The summed E-state index contributed by atoms with van der Waals surface area (Å²) in [6.07, 6.45) is 0.776. The van der Waals surface area contributed by atoms with Crippen molar-refractivity contribution < 1.29 is 14.1 Å². The molecule has 0 saturated carbocycles. The quantitative estimate of drug-likeness (QED) is 0.725. The van der Waals surface area contributed by atoms with Crippen molar-refractivity contribution in [3.8, 4) is 16.2 Å². The molecular weight excluding hydrogens is 336 g/mol. The third-order valence-electron chi connectivity index (χ3n) is 3.97. The molecule has 5 nitrogen and oxygen atoms in total. The van der Waals surface area contributed by atoms with Crippen LogP contribution in [0.3, 0.4) is 0 Å². The maximum absolute atomic E-state index is 12.3. The van der Waals surface area contributed by atoms with Crippen LogP contribution in [-0.4, -0.2) is 24.7 Å². The number of aromatic nitrogens is 1. The Bertz CT molecular complexity index is 846. The van der Waals surface area contributed by atoms with Gasteiger partial charge in [0.25, 0.3) is 5.91 Å². The standard InChI is InChI=1S/C19H20N2O3S/c1-12-18(13(2)24-21-12)16-8-9-17(25-16)19(22)20-11-10-14-4-6-15(23-3)7-5-14/h4-9H,10-11H2,1-3H3,(H,20,22). The number of rotatable bonds is 6. The van der Waals surface area contributed by atoms with Crippen molar-refractivity contribution in [2.24, 2.45) is 0 Å². The number of amides is 1. The number of ether oxygens (including phenoxy) is 1. The molecule has 2 heterocycles. The van der Waals surface area contributed by atoms with E-state index in [-0.39, 0.29) is 5.91 Å². The minimum Gasteiger partial charge on any atom is -0.497 e. The van der Waals surface area contributed by atoms with Crippen molar-refractivity contribution in [3.63, 3.8) is 0 Å². The molecule has 1 N–H and O–H groups in total. The third-order valence-corrected chi connectivity index (χ3v) is 5.07. The molecule has 0 unspecified atom stereocenters. The summed E-state index contributed by atoms with van der Waals surface area (Å²) in [4.78, 5) is 14.0. The van der Waals surface area contributed by atoms with E-state index in [1.54, 1.807) is 7.11 Å². The maximum atomic E-state index is 12.3. The van der Waals surface area contributed by atoms with Crippen LogP contribution in [0.15, 0.2) is 40.9 Å². The summed E-state index contributed by atoms with van der Waals surface area (Å²) in [7, 11) is 1.65. The number of carbonyl (C=O) groups is 1. The van der Waals surface area contributed by atoms with Gasteiger partial charge in [-0.3, -0.25) is 4.79 Å². The molecule has 3 rings (SSSR count). The smallest absolute Gasteiger partial charge is 0.261 e. The van der Waals surface area contributed by atoms with Crippen LogP contribution in [0, 0.1) is 13.8 Å². The van der Waals surface area contributed by atoms with Gasteiger partial charge in [-0.1, -0.05) is 17.3 Å². The van der Waals surface area contributed by atoms with Gasteiger partial charge in [0, 0.05) is 11.4 Å². The van der Waals surface area contributed by atoms with E-state index in [4.69, 9.17) is 9.26 Å². The number of thiophene rings is 1. The average Bonchev–Trinajstić information content (AvgIpc) is 3.22. The molecule has 130 valence electrons. The molecule has 6 heteroatoms. The molecule has 1 amide bonds. The summed E-state index contributed by atoms with van der Waals surface area (Å²) in [5.74, 6) is 1.54. The average molecular weight is 356 g/mol. The van der Waals surface area contributed by atoms with Crippen molar-refractivity contribution in [1.29, 1.82) is 0 Å². The summed E-state index contributed by atoms with van der Waals surface area (Å²) >= 11 is 1.45. The van der Waals surface area contributed by atoms with E-state index in [2.05, 4.69) is 10.5 Å². The van der Waals surface area contributed by atoms with Crippen molar-refractivity contribution >= 4 is 17.2 Å². The zero-order valence-electron chi connectivity index (χ0n) is 14.5. The Morgan fingerprint density at radius 2 is 1.96 bits per heavy atom. The first-order valence-corrected chi connectivity index (χ1v) is 8.84. The van der Waals surface area contributed by atoms with E-state index in [1.165, 1.54) is 11.3 Å². The third kappa shape index (κ3) is 3.91. The molecule has 0 atom stereocenters. The van der Waals surface area contributed by atoms with E-state index in [0.717, 1.165) is 39.6 Å². The highest BCUT2D eigenvalue weighted by Gasteiger charge is 2.16. The number of aryl methyl sites for hydroxylation is 2. The van der Waals surface area contributed by atoms with Gasteiger partial charge in [-0.15, -0.1) is 11.3 Å². The highest BCUT2D eigenvalue weighted by molar-refractivity contribution is 7.17. The van der Waals surface area contributed by atoms with Gasteiger partial charge in [0.1, 0.15) is 11.5 Å². The van der Waals surface area contributed by atoms with Crippen molar-refractivity contribution in [2.75, 3.05) is 13.7 Å². The summed E-state index contributed by atoms with van der Waals surface area (Å²) in [5.41, 5.74) is 2.97. The van der Waals surface area contributed by atoms with E-state index in [1.807, 2.05) is 50.2 Å². The van der Waals surface area contributed by atoms with Crippen LogP contribution in [0.2, 0.25) is 0 Å². The van der Waals surface area contributed by atoms with Crippen LogP contribution >= 0.6 is 11.3 Å². The van der Waals surface area contributed by atoms with E-state index < -0.39 is 0 Å². The fourth-order valence-corrected chi connectivity index (χ4v) is 3.70. The second kappa shape index (κ2) is 7.53. The molecule has 0 aliphatic heterocycles. The highest BCUT2D eigenvalue weighted by atomic mass is 32.1. The second-order valence-electron chi connectivity index (χ2n) is 5.72. The minimum atomic E-state index is -0.0588. The van der Waals surface area contributed by atoms with Crippen molar-refractivity contribution in [2.45, 2.75) is 20.3 Å². The molecule has 0 fully saturated rings. The fourth-order valence-electron chi connectivity index (χ4n) is 2.63. The molecule has 0 radical (unpaired) electrons. The molecule has 0 aliphatic carbocycles. The molecule has 1 aromatic carbocycles. The molecule has 3 aromatic rings. The van der Waals surface area contributed by atoms with Crippen LogP contribution in [0.1, 0.15) is 26.7 Å². The number of methoxy groups -OCH3 is 1. The Morgan fingerprint density at radius 1 is 1.20 bits per heavy atom. The monoisotopic (exact) mass is 356 g/mol. The van der Waals surface area contributed by atoms with Crippen LogP contribution in [0.25, 0.3) is 10.4 Å². The van der Waals surface area contributed by atoms with Gasteiger partial charge >= 0.3 is 0 Å². The summed E-state index contributed by atoms with van der Waals surface area (Å²) in [6, 6.07) is 11.6. The SMILES string of the molecule is COc1ccc(CCNC(=O)c2ccc(-c3c(C)noc3C)s2)cc1. The normalized spacial score (nSPS) is 10.7. The Hall–Kier alpha value is -2.60. The number of hydrogen-bond donors (Lipinski definition) is 1. The van der Waals surface area contributed by atoms with Crippen LogP contribution < -0.4 is 10.1 Å². The fraction of sp³-hybridized carbons (Fsp3) is 0.263. The largest absolute Gasteiger partial charge is 0.497 e. The lowest BCUT2D eigenvalue weighted by Crippen LogP contribution is -2.24. The number of carbonyl (C=O) groups excluding carboxylic acids is 1. The number of benzene rings is 1. The zero-order chi connectivity index (χ0) is 17.8. The topological polar surface area (TPSA) is 64.4 Å². The van der Waals surface area contributed by atoms with Crippen LogP contribution in [-0.2, 0) is 6.42 Å². The van der Waals surface area contributed by atoms with Crippen LogP contribution in [0.5, 0.6) is 5.75 Å². The first-order chi connectivity index (χ1) is 12.1. The molecular formula is C19H20N2O3S. The lowest BCUT2D eigenvalue weighted by Gasteiger charge is -2.05. The second-order valence-corrected chi connectivity index (χ2v) is 6.80. The highest BCUT2D eigenvalue weighted by Crippen LogP contribution is 2.32. The molecule has 2 aromatic heterocycles. The minimum absolute atomic E-state index is 0.0588. The molecule has 0 saturated heterocycles. The summed E-state index contributed by atoms with van der Waals surface area (Å²) < 4.78 is 10.3. The Balaban J connectivity index is 1.58. The maximum Gasteiger partial charge on any atom is 0.261 e. The van der Waals surface area contributed by atoms with Gasteiger partial charge in [0.15, 0.2) is 0 Å². The van der Waals surface area contributed by atoms with Crippen molar-refractivity contribution in [3.05, 3.63) is 58.3 Å². The first-order valence-electron chi connectivity index (χ1n) is 8.02. The van der Waals surface area contributed by atoms with E-state index >= 15 is 0 Å². The number of hydrogen-bond acceptors (Lipinski definition) is 5. The van der Waals surface area contributed by atoms with Gasteiger partial charge in [-0.2, -0.15) is 0 Å². The molecule has 25 heavy (non-hydrogen) atoms. The number of nitrogens with zero attached hydrogens (tertiary/aromatic N) is 1. The predicted octanol–water partition coefficient (Wildman–Crippen LogP) is 4.00. The lowest BCUT2D eigenvalue weighted by molar-refractivity contribution is 0.0958. The van der Waals surface area contributed by atoms with Gasteiger partial charge in [0.2, 0.25) is 0 Å². The number of nitrogens with one attached hydrogen (secondary N) is 1. The molecule has 0 bridgehead atoms. The van der Waals surface area contributed by atoms with E-state index in [0.29, 0.717) is 11.4 Å². The summed E-state index contributed by atoms with van der Waals surface area (Å²) in [6.45, 7) is 4.37. The Labute approximate surface area is 150 Å². The molecule has 0 aliphatic rings. The Morgan fingerprint density at radius 3 is 2.60 bits per heavy atom. The zero-order valence-corrected chi connectivity index (χ0v) is 15.3. The van der Waals surface area contributed by atoms with Gasteiger partial charge < -0.3 is 14.6 Å². The van der Waals surface area contributed by atoms with Gasteiger partial charge in [-0.05, 0) is 50.1 Å². The van der Waals surface area contributed by atoms with Crippen molar-refractivity contribution in [1.82, 2.24) is 10.5 Å². The first kappa shape index (κ1) is 17.2. The van der Waals surface area contributed by atoms with Crippen LogP contribution in [0.4, 0.5) is 0 Å². The Kier molecular flexibility index (Phi) is 5.19. The predicted molar refractivity (Wildman–Crippen MR) is 98.3 cm³/mol. The summed E-state index contributed by atoms with van der Waals surface area (Å²) in [5, 5.41) is 6.93. The van der Waals surface area contributed by atoms with Gasteiger partial charge in [0.05, 0.1) is 23.2 Å².